The number of hydrogen-bond donors (Lipinski definition) is 0. The second kappa shape index (κ2) is 9.89. The van der Waals surface area contributed by atoms with Crippen LogP contribution >= 0.6 is 0 Å². The summed E-state index contributed by atoms with van der Waals surface area (Å²) in [7, 11) is -1.04. The Morgan fingerprint density at radius 2 is 2.00 bits per heavy atom. The van der Waals surface area contributed by atoms with Gasteiger partial charge in [0, 0.05) is 24.9 Å². The lowest BCUT2D eigenvalue weighted by molar-refractivity contribution is -0.137. The Morgan fingerprint density at radius 1 is 1.21 bits per heavy atom. The first-order chi connectivity index (χ1) is 13.4. The standard InChI is InChI=1S/C20H24N2O5S/c1-4-5-15-27-19(23)13-12-16-9-8-10-17(26-3)20(16)22(2)28(24,25)18-11-6-7-14-21-18/h6-14H,4-5,15H2,1-3H3/b13-12+. The van der Waals surface area contributed by atoms with Gasteiger partial charge in [-0.2, -0.15) is 8.42 Å². The van der Waals surface area contributed by atoms with Crippen LogP contribution in [0, 0.1) is 0 Å². The molecule has 2 aromatic rings. The van der Waals surface area contributed by atoms with E-state index in [0.29, 0.717) is 23.6 Å². The maximum Gasteiger partial charge on any atom is 0.330 e. The maximum absolute atomic E-state index is 13.0. The van der Waals surface area contributed by atoms with E-state index in [1.54, 1.807) is 30.3 Å². The van der Waals surface area contributed by atoms with E-state index < -0.39 is 16.0 Å². The minimum atomic E-state index is -3.91. The highest BCUT2D eigenvalue weighted by atomic mass is 32.2. The Hall–Kier alpha value is -2.87. The van der Waals surface area contributed by atoms with Crippen LogP contribution < -0.4 is 9.04 Å². The summed E-state index contributed by atoms with van der Waals surface area (Å²) in [5, 5.41) is -0.0858. The zero-order valence-corrected chi connectivity index (χ0v) is 17.0. The Balaban J connectivity index is 2.39. The van der Waals surface area contributed by atoms with Crippen LogP contribution in [0.15, 0.2) is 53.7 Å². The van der Waals surface area contributed by atoms with Crippen molar-refractivity contribution in [2.45, 2.75) is 24.8 Å². The van der Waals surface area contributed by atoms with Crippen LogP contribution in [0.4, 0.5) is 5.69 Å². The number of aromatic nitrogens is 1. The quantitative estimate of drug-likeness (QED) is 0.362. The van der Waals surface area contributed by atoms with Gasteiger partial charge < -0.3 is 9.47 Å². The molecule has 0 amide bonds. The van der Waals surface area contributed by atoms with Crippen molar-refractivity contribution in [1.82, 2.24) is 4.98 Å². The summed E-state index contributed by atoms with van der Waals surface area (Å²) in [6.07, 6.45) is 5.91. The fraction of sp³-hybridized carbons (Fsp3) is 0.300. The number of anilines is 1. The fourth-order valence-electron chi connectivity index (χ4n) is 2.46. The van der Waals surface area contributed by atoms with Gasteiger partial charge in [0.05, 0.1) is 13.7 Å². The molecule has 0 atom stereocenters. The van der Waals surface area contributed by atoms with Crippen LogP contribution in [-0.4, -0.2) is 40.1 Å². The van der Waals surface area contributed by atoms with Gasteiger partial charge in [0.15, 0.2) is 5.03 Å². The summed E-state index contributed by atoms with van der Waals surface area (Å²) in [5.41, 5.74) is 0.794. The van der Waals surface area contributed by atoms with E-state index in [1.165, 1.54) is 38.6 Å². The minimum absolute atomic E-state index is 0.0858. The summed E-state index contributed by atoms with van der Waals surface area (Å²) in [6.45, 7) is 2.35. The molecule has 0 aliphatic heterocycles. The zero-order chi connectivity index (χ0) is 20.6. The number of sulfonamides is 1. The predicted molar refractivity (Wildman–Crippen MR) is 108 cm³/mol. The molecule has 1 aromatic heterocycles. The molecule has 2 rings (SSSR count). The van der Waals surface area contributed by atoms with Crippen LogP contribution in [0.1, 0.15) is 25.3 Å². The van der Waals surface area contributed by atoms with Gasteiger partial charge in [-0.05, 0) is 30.7 Å². The fourth-order valence-corrected chi connectivity index (χ4v) is 3.62. The number of pyridine rings is 1. The third-order valence-corrected chi connectivity index (χ3v) is 5.64. The smallest absolute Gasteiger partial charge is 0.330 e. The molecule has 0 saturated heterocycles. The highest BCUT2D eigenvalue weighted by Gasteiger charge is 2.26. The summed E-state index contributed by atoms with van der Waals surface area (Å²) >= 11 is 0. The number of nitrogens with zero attached hydrogens (tertiary/aromatic N) is 2. The molecular weight excluding hydrogens is 380 g/mol. The normalized spacial score (nSPS) is 11.4. The van der Waals surface area contributed by atoms with Crippen LogP contribution in [0.3, 0.4) is 0 Å². The number of ether oxygens (including phenoxy) is 2. The molecule has 150 valence electrons. The molecule has 0 N–H and O–H groups in total. The number of benzene rings is 1. The summed E-state index contributed by atoms with van der Waals surface area (Å²) < 4.78 is 37.5. The van der Waals surface area contributed by atoms with Crippen molar-refractivity contribution in [3.63, 3.8) is 0 Å². The first-order valence-corrected chi connectivity index (χ1v) is 10.3. The molecule has 1 aromatic carbocycles. The lowest BCUT2D eigenvalue weighted by atomic mass is 10.1. The van der Waals surface area contributed by atoms with E-state index in [4.69, 9.17) is 9.47 Å². The summed E-state index contributed by atoms with van der Waals surface area (Å²) in [4.78, 5) is 15.8. The van der Waals surface area contributed by atoms with Crippen LogP contribution in [0.25, 0.3) is 6.08 Å². The largest absolute Gasteiger partial charge is 0.495 e. The second-order valence-electron chi connectivity index (χ2n) is 5.89. The van der Waals surface area contributed by atoms with Gasteiger partial charge in [0.25, 0.3) is 10.0 Å². The first-order valence-electron chi connectivity index (χ1n) is 8.83. The summed E-state index contributed by atoms with van der Waals surface area (Å²) in [6, 6.07) is 9.71. The molecule has 7 nitrogen and oxygen atoms in total. The number of rotatable bonds is 9. The number of methoxy groups -OCH3 is 1. The molecule has 1 heterocycles. The molecule has 0 radical (unpaired) electrons. The number of para-hydroxylation sites is 1. The Kier molecular flexibility index (Phi) is 7.57. The highest BCUT2D eigenvalue weighted by Crippen LogP contribution is 2.35. The number of carbonyl (C=O) groups is 1. The van der Waals surface area contributed by atoms with Crippen molar-refractivity contribution < 1.29 is 22.7 Å². The van der Waals surface area contributed by atoms with Crippen LogP contribution in [-0.2, 0) is 19.6 Å². The molecular formula is C20H24N2O5S. The van der Waals surface area contributed by atoms with Crippen molar-refractivity contribution in [1.29, 1.82) is 0 Å². The van der Waals surface area contributed by atoms with E-state index in [9.17, 15) is 13.2 Å². The van der Waals surface area contributed by atoms with E-state index in [-0.39, 0.29) is 5.03 Å². The Bertz CT molecular complexity index is 927. The Morgan fingerprint density at radius 3 is 2.64 bits per heavy atom. The highest BCUT2D eigenvalue weighted by molar-refractivity contribution is 7.92. The van der Waals surface area contributed by atoms with E-state index >= 15 is 0 Å². The molecule has 0 spiro atoms. The van der Waals surface area contributed by atoms with Crippen molar-refractivity contribution in [3.8, 4) is 5.75 Å². The molecule has 0 aliphatic rings. The van der Waals surface area contributed by atoms with Crippen molar-refractivity contribution in [3.05, 3.63) is 54.2 Å². The van der Waals surface area contributed by atoms with Gasteiger partial charge in [-0.25, -0.2) is 9.78 Å². The number of esters is 1. The van der Waals surface area contributed by atoms with Gasteiger partial charge in [-0.15, -0.1) is 0 Å². The third-order valence-electron chi connectivity index (χ3n) is 3.97. The van der Waals surface area contributed by atoms with Gasteiger partial charge >= 0.3 is 5.97 Å². The average Bonchev–Trinajstić information content (AvgIpc) is 2.72. The van der Waals surface area contributed by atoms with E-state index in [1.807, 2.05) is 6.92 Å². The minimum Gasteiger partial charge on any atom is -0.495 e. The van der Waals surface area contributed by atoms with E-state index in [0.717, 1.165) is 17.1 Å². The average molecular weight is 404 g/mol. The molecule has 0 bridgehead atoms. The van der Waals surface area contributed by atoms with E-state index in [2.05, 4.69) is 4.98 Å². The maximum atomic E-state index is 13.0. The number of carbonyl (C=O) groups excluding carboxylic acids is 1. The van der Waals surface area contributed by atoms with Crippen molar-refractivity contribution >= 4 is 27.8 Å². The lowest BCUT2D eigenvalue weighted by Crippen LogP contribution is -2.28. The lowest BCUT2D eigenvalue weighted by Gasteiger charge is -2.23. The molecule has 0 saturated carbocycles. The molecule has 0 aliphatic carbocycles. The monoisotopic (exact) mass is 404 g/mol. The third kappa shape index (κ3) is 5.10. The zero-order valence-electron chi connectivity index (χ0n) is 16.2. The van der Waals surface area contributed by atoms with Gasteiger partial charge in [-0.3, -0.25) is 4.31 Å². The molecule has 8 heteroatoms. The predicted octanol–water partition coefficient (Wildman–Crippen LogP) is 3.27. The number of hydrogen-bond acceptors (Lipinski definition) is 6. The molecule has 0 unspecified atom stereocenters. The number of unbranched alkanes of at least 4 members (excludes halogenated alkanes) is 1. The van der Waals surface area contributed by atoms with Crippen LogP contribution in [0.5, 0.6) is 5.75 Å². The summed E-state index contributed by atoms with van der Waals surface area (Å²) in [5.74, 6) is -0.138. The van der Waals surface area contributed by atoms with Crippen molar-refractivity contribution in [2.75, 3.05) is 25.1 Å². The van der Waals surface area contributed by atoms with Gasteiger partial charge in [-0.1, -0.05) is 31.5 Å². The van der Waals surface area contributed by atoms with Gasteiger partial charge in [0.2, 0.25) is 0 Å². The molecule has 28 heavy (non-hydrogen) atoms. The van der Waals surface area contributed by atoms with Crippen LogP contribution in [0.2, 0.25) is 0 Å². The van der Waals surface area contributed by atoms with Crippen molar-refractivity contribution in [2.24, 2.45) is 0 Å². The molecule has 0 fully saturated rings. The first kappa shape index (κ1) is 21.4. The van der Waals surface area contributed by atoms with Gasteiger partial charge in [0.1, 0.15) is 11.4 Å². The Labute approximate surface area is 165 Å². The topological polar surface area (TPSA) is 85.8 Å². The SMILES string of the molecule is CCCCOC(=O)/C=C/c1cccc(OC)c1N(C)S(=O)(=O)c1ccccn1. The second-order valence-corrected chi connectivity index (χ2v) is 7.81.